The third-order valence-corrected chi connectivity index (χ3v) is 3.82. The Balaban J connectivity index is 2.93. The van der Waals surface area contributed by atoms with Crippen LogP contribution in [0, 0.1) is 5.92 Å². The van der Waals surface area contributed by atoms with Crippen molar-refractivity contribution in [2.45, 2.75) is 20.3 Å². The molecule has 0 saturated heterocycles. The first-order valence-corrected chi connectivity index (χ1v) is 8.90. The topological polar surface area (TPSA) is 66.5 Å². The van der Waals surface area contributed by atoms with Gasteiger partial charge in [-0.05, 0) is 30.5 Å². The van der Waals surface area contributed by atoms with E-state index < -0.39 is 10.0 Å². The lowest BCUT2D eigenvalue weighted by Crippen LogP contribution is -2.28. The molecule has 0 aliphatic heterocycles. The first-order valence-electron chi connectivity index (χ1n) is 6.63. The van der Waals surface area contributed by atoms with Gasteiger partial charge in [0.2, 0.25) is 10.0 Å². The lowest BCUT2D eigenvalue weighted by atomic mass is 10.1. The molecular formula is C14H21ClN2O3S. The number of carbonyl (C=O) groups is 1. The van der Waals surface area contributed by atoms with Gasteiger partial charge in [-0.15, -0.1) is 0 Å². The quantitative estimate of drug-likeness (QED) is 0.871. The van der Waals surface area contributed by atoms with Crippen molar-refractivity contribution in [2.75, 3.05) is 24.6 Å². The van der Waals surface area contributed by atoms with Gasteiger partial charge in [0.15, 0.2) is 0 Å². The van der Waals surface area contributed by atoms with E-state index in [1.807, 2.05) is 0 Å². The van der Waals surface area contributed by atoms with Gasteiger partial charge in [-0.3, -0.25) is 9.52 Å². The Bertz CT molecular complexity index is 615. The molecule has 1 rings (SSSR count). The minimum absolute atomic E-state index is 0.163. The normalized spacial score (nSPS) is 11.5. The fourth-order valence-electron chi connectivity index (χ4n) is 1.71. The third-order valence-electron chi connectivity index (χ3n) is 2.90. The van der Waals surface area contributed by atoms with Gasteiger partial charge in [0.25, 0.3) is 5.91 Å². The first kappa shape index (κ1) is 17.8. The molecule has 0 atom stereocenters. The number of hydrogen-bond acceptors (Lipinski definition) is 3. The Kier molecular flexibility index (Phi) is 6.04. The fraction of sp³-hybridized carbons (Fsp3) is 0.500. The zero-order valence-electron chi connectivity index (χ0n) is 12.7. The highest BCUT2D eigenvalue weighted by atomic mass is 35.5. The van der Waals surface area contributed by atoms with Gasteiger partial charge in [0.05, 0.1) is 17.0 Å². The number of nitrogens with one attached hydrogen (secondary N) is 1. The largest absolute Gasteiger partial charge is 0.342 e. The molecule has 0 unspecified atom stereocenters. The van der Waals surface area contributed by atoms with Gasteiger partial charge in [0, 0.05) is 19.2 Å². The molecule has 1 N–H and O–H groups in total. The van der Waals surface area contributed by atoms with E-state index in [2.05, 4.69) is 18.6 Å². The number of rotatable bonds is 6. The SMILES string of the molecule is CC(C)CCN(C)C(=O)c1ccc(Cl)c(NS(C)(=O)=O)c1. The molecule has 0 aliphatic rings. The Morgan fingerprint density at radius 2 is 2.00 bits per heavy atom. The monoisotopic (exact) mass is 332 g/mol. The molecule has 0 saturated carbocycles. The smallest absolute Gasteiger partial charge is 0.253 e. The van der Waals surface area contributed by atoms with Crippen LogP contribution in [0.3, 0.4) is 0 Å². The number of sulfonamides is 1. The number of carbonyl (C=O) groups excluding carboxylic acids is 1. The minimum Gasteiger partial charge on any atom is -0.342 e. The Morgan fingerprint density at radius 3 is 2.52 bits per heavy atom. The predicted octanol–water partition coefficient (Wildman–Crippen LogP) is 2.83. The average molecular weight is 333 g/mol. The highest BCUT2D eigenvalue weighted by Crippen LogP contribution is 2.24. The maximum atomic E-state index is 12.3. The number of halogens is 1. The van der Waals surface area contributed by atoms with E-state index in [1.54, 1.807) is 18.0 Å². The molecule has 0 aliphatic carbocycles. The molecule has 0 fully saturated rings. The van der Waals surface area contributed by atoms with Crippen molar-refractivity contribution in [2.24, 2.45) is 5.92 Å². The van der Waals surface area contributed by atoms with Gasteiger partial charge < -0.3 is 4.90 Å². The molecule has 1 aromatic carbocycles. The summed E-state index contributed by atoms with van der Waals surface area (Å²) < 4.78 is 24.9. The van der Waals surface area contributed by atoms with Crippen LogP contribution in [0.1, 0.15) is 30.6 Å². The molecular weight excluding hydrogens is 312 g/mol. The van der Waals surface area contributed by atoms with Crippen molar-refractivity contribution in [3.05, 3.63) is 28.8 Å². The summed E-state index contributed by atoms with van der Waals surface area (Å²) in [5.41, 5.74) is 0.610. The van der Waals surface area contributed by atoms with Gasteiger partial charge in [-0.2, -0.15) is 0 Å². The summed E-state index contributed by atoms with van der Waals surface area (Å²) in [5, 5.41) is 0.252. The summed E-state index contributed by atoms with van der Waals surface area (Å²) in [5.74, 6) is 0.344. The molecule has 0 aromatic heterocycles. The van der Waals surface area contributed by atoms with E-state index in [9.17, 15) is 13.2 Å². The van der Waals surface area contributed by atoms with E-state index in [-0.39, 0.29) is 16.6 Å². The summed E-state index contributed by atoms with van der Waals surface area (Å²) in [6.07, 6.45) is 1.94. The highest BCUT2D eigenvalue weighted by Gasteiger charge is 2.15. The van der Waals surface area contributed by atoms with Crippen LogP contribution in [0.5, 0.6) is 0 Å². The van der Waals surface area contributed by atoms with Crippen LogP contribution >= 0.6 is 11.6 Å². The second-order valence-electron chi connectivity index (χ2n) is 5.48. The average Bonchev–Trinajstić information content (AvgIpc) is 2.36. The van der Waals surface area contributed by atoms with E-state index >= 15 is 0 Å². The van der Waals surface area contributed by atoms with Crippen LogP contribution in [0.4, 0.5) is 5.69 Å². The van der Waals surface area contributed by atoms with Crippen LogP contribution in [0.25, 0.3) is 0 Å². The summed E-state index contributed by atoms with van der Waals surface area (Å²) >= 11 is 5.94. The molecule has 118 valence electrons. The van der Waals surface area contributed by atoms with Gasteiger partial charge >= 0.3 is 0 Å². The number of benzene rings is 1. The minimum atomic E-state index is -3.44. The van der Waals surface area contributed by atoms with Crippen LogP contribution in [0.15, 0.2) is 18.2 Å². The lowest BCUT2D eigenvalue weighted by Gasteiger charge is -2.19. The van der Waals surface area contributed by atoms with E-state index in [4.69, 9.17) is 11.6 Å². The molecule has 5 nitrogen and oxygen atoms in total. The molecule has 0 radical (unpaired) electrons. The zero-order chi connectivity index (χ0) is 16.2. The Hall–Kier alpha value is -1.27. The fourth-order valence-corrected chi connectivity index (χ4v) is 2.50. The zero-order valence-corrected chi connectivity index (χ0v) is 14.3. The van der Waals surface area contributed by atoms with Crippen LogP contribution in [-0.4, -0.2) is 39.1 Å². The maximum Gasteiger partial charge on any atom is 0.253 e. The summed E-state index contributed by atoms with van der Waals surface area (Å²) in [7, 11) is -1.72. The Labute approximate surface area is 131 Å². The molecule has 7 heteroatoms. The number of anilines is 1. The van der Waals surface area contributed by atoms with E-state index in [0.717, 1.165) is 12.7 Å². The van der Waals surface area contributed by atoms with Crippen molar-refractivity contribution < 1.29 is 13.2 Å². The van der Waals surface area contributed by atoms with Crippen LogP contribution in [-0.2, 0) is 10.0 Å². The summed E-state index contributed by atoms with van der Waals surface area (Å²) in [6, 6.07) is 4.56. The molecule has 21 heavy (non-hydrogen) atoms. The van der Waals surface area contributed by atoms with Crippen molar-refractivity contribution >= 4 is 33.2 Å². The van der Waals surface area contributed by atoms with Crippen LogP contribution in [0.2, 0.25) is 5.02 Å². The second-order valence-corrected chi connectivity index (χ2v) is 7.63. The molecule has 0 heterocycles. The van der Waals surface area contributed by atoms with Gasteiger partial charge in [0.1, 0.15) is 0 Å². The van der Waals surface area contributed by atoms with Crippen molar-refractivity contribution in [3.63, 3.8) is 0 Å². The third kappa shape index (κ3) is 5.93. The molecule has 0 spiro atoms. The first-order chi connectivity index (χ1) is 9.60. The van der Waals surface area contributed by atoms with E-state index in [0.29, 0.717) is 18.0 Å². The van der Waals surface area contributed by atoms with Crippen molar-refractivity contribution in [1.29, 1.82) is 0 Å². The van der Waals surface area contributed by atoms with Gasteiger partial charge in [-0.1, -0.05) is 25.4 Å². The molecule has 1 amide bonds. The predicted molar refractivity (Wildman–Crippen MR) is 86.3 cm³/mol. The molecule has 1 aromatic rings. The summed E-state index contributed by atoms with van der Waals surface area (Å²) in [6.45, 7) is 4.83. The molecule has 0 bridgehead atoms. The highest BCUT2D eigenvalue weighted by molar-refractivity contribution is 7.92. The lowest BCUT2D eigenvalue weighted by molar-refractivity contribution is 0.0789. The van der Waals surface area contributed by atoms with E-state index in [1.165, 1.54) is 12.1 Å². The van der Waals surface area contributed by atoms with Crippen molar-refractivity contribution in [3.8, 4) is 0 Å². The van der Waals surface area contributed by atoms with Crippen molar-refractivity contribution in [1.82, 2.24) is 4.90 Å². The number of nitrogens with zero attached hydrogens (tertiary/aromatic N) is 1. The second kappa shape index (κ2) is 7.13. The maximum absolute atomic E-state index is 12.3. The van der Waals surface area contributed by atoms with Gasteiger partial charge in [-0.25, -0.2) is 8.42 Å². The summed E-state index contributed by atoms with van der Waals surface area (Å²) in [4.78, 5) is 13.9. The standard InChI is InChI=1S/C14H21ClN2O3S/c1-10(2)7-8-17(3)14(18)11-5-6-12(15)13(9-11)16-21(4,19)20/h5-6,9-10,16H,7-8H2,1-4H3. The number of hydrogen-bond donors (Lipinski definition) is 1. The van der Waals surface area contributed by atoms with Crippen LogP contribution < -0.4 is 4.72 Å². The Morgan fingerprint density at radius 1 is 1.38 bits per heavy atom. The number of amides is 1.